The number of rotatable bonds is 9. The van der Waals surface area contributed by atoms with Gasteiger partial charge in [0.2, 0.25) is 0 Å². The summed E-state index contributed by atoms with van der Waals surface area (Å²) in [5.41, 5.74) is 8.04. The van der Waals surface area contributed by atoms with E-state index in [1.54, 1.807) is 11.3 Å². The fourth-order valence-electron chi connectivity index (χ4n) is 4.97. The molecule has 2 amide bonds. The van der Waals surface area contributed by atoms with Crippen LogP contribution in [0.5, 0.6) is 0 Å². The van der Waals surface area contributed by atoms with Gasteiger partial charge in [-0.2, -0.15) is 0 Å². The number of anilines is 1. The standard InChI is InChI=1S/C31H33N5O2S/c1-5-36(6-2)15-14-32-30(38)28-19(3)26(33-20(28)4)17-24-23-16-22(12-13-25(23)34-29(24)37)27-18-39-31(35-27)21-10-8-7-9-11-21/h7-13,16-18,33H,5-6,14-15H2,1-4H3,(H,32,38)(H,34,37)/b24-17+. The first-order valence-corrected chi connectivity index (χ1v) is 14.2. The molecule has 0 fully saturated rings. The molecule has 1 aliphatic heterocycles. The number of fused-ring (bicyclic) bond motifs is 1. The molecule has 8 heteroatoms. The largest absolute Gasteiger partial charge is 0.358 e. The van der Waals surface area contributed by atoms with Crippen LogP contribution in [-0.4, -0.2) is 52.9 Å². The number of thiazole rings is 1. The molecule has 1 aliphatic rings. The number of H-pyrrole nitrogens is 1. The summed E-state index contributed by atoms with van der Waals surface area (Å²) in [6.07, 6.45) is 1.84. The van der Waals surface area contributed by atoms with Gasteiger partial charge in [-0.1, -0.05) is 50.2 Å². The molecule has 7 nitrogen and oxygen atoms in total. The molecule has 0 radical (unpaired) electrons. The maximum absolute atomic E-state index is 13.0. The van der Waals surface area contributed by atoms with Crippen LogP contribution in [0.3, 0.4) is 0 Å². The summed E-state index contributed by atoms with van der Waals surface area (Å²) in [4.78, 5) is 36.4. The van der Waals surface area contributed by atoms with Crippen LogP contribution in [0.2, 0.25) is 0 Å². The van der Waals surface area contributed by atoms with Gasteiger partial charge in [0, 0.05) is 52.2 Å². The molecule has 0 aliphatic carbocycles. The van der Waals surface area contributed by atoms with Gasteiger partial charge in [0.1, 0.15) is 5.01 Å². The van der Waals surface area contributed by atoms with E-state index in [4.69, 9.17) is 4.98 Å². The lowest BCUT2D eigenvalue weighted by Gasteiger charge is -2.18. The van der Waals surface area contributed by atoms with Crippen molar-refractivity contribution in [1.29, 1.82) is 0 Å². The van der Waals surface area contributed by atoms with Gasteiger partial charge in [-0.25, -0.2) is 4.98 Å². The maximum Gasteiger partial charge on any atom is 0.256 e. The minimum atomic E-state index is -0.165. The molecule has 3 N–H and O–H groups in total. The zero-order valence-electron chi connectivity index (χ0n) is 22.7. The SMILES string of the molecule is CCN(CC)CCNC(=O)c1c(C)[nH]c(/C=C2/C(=O)Nc3ccc(-c4csc(-c5ccccc5)n4)cc32)c1C. The molecular weight excluding hydrogens is 506 g/mol. The fraction of sp³-hybridized carbons (Fsp3) is 0.258. The first-order chi connectivity index (χ1) is 18.9. The molecule has 5 rings (SSSR count). The molecule has 200 valence electrons. The Bertz CT molecular complexity index is 1550. The van der Waals surface area contributed by atoms with Gasteiger partial charge >= 0.3 is 0 Å². The molecule has 0 saturated carbocycles. The number of hydrogen-bond donors (Lipinski definition) is 3. The summed E-state index contributed by atoms with van der Waals surface area (Å²) in [6, 6.07) is 16.0. The summed E-state index contributed by atoms with van der Waals surface area (Å²) < 4.78 is 0. The van der Waals surface area contributed by atoms with Crippen LogP contribution in [0, 0.1) is 13.8 Å². The van der Waals surface area contributed by atoms with Crippen LogP contribution in [0.1, 0.15) is 46.7 Å². The first kappa shape index (κ1) is 26.6. The third kappa shape index (κ3) is 5.44. The van der Waals surface area contributed by atoms with E-state index in [2.05, 4.69) is 46.5 Å². The van der Waals surface area contributed by atoms with Crippen molar-refractivity contribution >= 4 is 40.5 Å². The Labute approximate surface area is 233 Å². The number of likely N-dealkylation sites (N-methyl/N-ethyl adjacent to an activating group) is 1. The van der Waals surface area contributed by atoms with Crippen LogP contribution >= 0.6 is 11.3 Å². The molecular formula is C31H33N5O2S. The fourth-order valence-corrected chi connectivity index (χ4v) is 5.80. The van der Waals surface area contributed by atoms with Gasteiger partial charge in [0.15, 0.2) is 0 Å². The van der Waals surface area contributed by atoms with E-state index >= 15 is 0 Å². The number of benzene rings is 2. The van der Waals surface area contributed by atoms with Crippen LogP contribution in [0.4, 0.5) is 5.69 Å². The third-order valence-corrected chi connectivity index (χ3v) is 8.11. The van der Waals surface area contributed by atoms with Crippen molar-refractivity contribution < 1.29 is 9.59 Å². The van der Waals surface area contributed by atoms with Gasteiger partial charge in [0.25, 0.3) is 11.8 Å². The highest BCUT2D eigenvalue weighted by atomic mass is 32.1. The highest BCUT2D eigenvalue weighted by molar-refractivity contribution is 7.13. The molecule has 0 saturated heterocycles. The van der Waals surface area contributed by atoms with E-state index in [1.807, 2.05) is 61.7 Å². The van der Waals surface area contributed by atoms with Gasteiger partial charge in [-0.05, 0) is 50.7 Å². The molecule has 0 unspecified atom stereocenters. The van der Waals surface area contributed by atoms with Crippen LogP contribution in [-0.2, 0) is 4.79 Å². The van der Waals surface area contributed by atoms with E-state index in [0.29, 0.717) is 17.7 Å². The second-order valence-electron chi connectivity index (χ2n) is 9.62. The number of aromatic amines is 1. The van der Waals surface area contributed by atoms with E-state index in [0.717, 1.165) is 69.7 Å². The molecule has 0 spiro atoms. The number of aryl methyl sites for hydroxylation is 1. The predicted molar refractivity (Wildman–Crippen MR) is 160 cm³/mol. The topological polar surface area (TPSA) is 90.1 Å². The summed E-state index contributed by atoms with van der Waals surface area (Å²) in [6.45, 7) is 11.3. The molecule has 4 aromatic rings. The minimum Gasteiger partial charge on any atom is -0.358 e. The smallest absolute Gasteiger partial charge is 0.256 e. The molecule has 39 heavy (non-hydrogen) atoms. The van der Waals surface area contributed by atoms with Crippen molar-refractivity contribution in [2.45, 2.75) is 27.7 Å². The first-order valence-electron chi connectivity index (χ1n) is 13.3. The van der Waals surface area contributed by atoms with Crippen molar-refractivity contribution in [3.8, 4) is 21.8 Å². The van der Waals surface area contributed by atoms with Gasteiger partial charge in [0.05, 0.1) is 16.8 Å². The van der Waals surface area contributed by atoms with E-state index in [1.165, 1.54) is 0 Å². The van der Waals surface area contributed by atoms with Crippen molar-refractivity contribution in [3.05, 3.63) is 82.0 Å². The Morgan fingerprint density at radius 3 is 2.59 bits per heavy atom. The third-order valence-electron chi connectivity index (χ3n) is 7.22. The van der Waals surface area contributed by atoms with Gasteiger partial charge < -0.3 is 20.5 Å². The Morgan fingerprint density at radius 1 is 1.08 bits per heavy atom. The lowest BCUT2D eigenvalue weighted by atomic mass is 10.0. The number of amides is 2. The Hall–Kier alpha value is -4.01. The highest BCUT2D eigenvalue weighted by Gasteiger charge is 2.26. The van der Waals surface area contributed by atoms with Crippen LogP contribution < -0.4 is 10.6 Å². The highest BCUT2D eigenvalue weighted by Crippen LogP contribution is 2.38. The lowest BCUT2D eigenvalue weighted by molar-refractivity contribution is -0.110. The van der Waals surface area contributed by atoms with Gasteiger partial charge in [-0.3, -0.25) is 9.59 Å². The number of nitrogens with one attached hydrogen (secondary N) is 3. The second kappa shape index (κ2) is 11.4. The molecule has 0 bridgehead atoms. The predicted octanol–water partition coefficient (Wildman–Crippen LogP) is 5.99. The summed E-state index contributed by atoms with van der Waals surface area (Å²) in [5, 5.41) is 9.01. The van der Waals surface area contributed by atoms with E-state index in [9.17, 15) is 9.59 Å². The molecule has 0 atom stereocenters. The number of carbonyl (C=O) groups excluding carboxylic acids is 2. The molecule has 2 aromatic heterocycles. The molecule has 3 heterocycles. The minimum absolute atomic E-state index is 0.102. The monoisotopic (exact) mass is 539 g/mol. The van der Waals surface area contributed by atoms with Crippen molar-refractivity contribution in [2.75, 3.05) is 31.5 Å². The summed E-state index contributed by atoms with van der Waals surface area (Å²) >= 11 is 1.60. The second-order valence-corrected chi connectivity index (χ2v) is 10.5. The Morgan fingerprint density at radius 2 is 1.85 bits per heavy atom. The number of nitrogens with zero attached hydrogens (tertiary/aromatic N) is 2. The quantitative estimate of drug-likeness (QED) is 0.228. The Balaban J connectivity index is 1.41. The zero-order valence-corrected chi connectivity index (χ0v) is 23.5. The molecule has 2 aromatic carbocycles. The number of hydrogen-bond acceptors (Lipinski definition) is 5. The average Bonchev–Trinajstić information content (AvgIpc) is 3.63. The van der Waals surface area contributed by atoms with E-state index < -0.39 is 0 Å². The van der Waals surface area contributed by atoms with Crippen molar-refractivity contribution in [1.82, 2.24) is 20.2 Å². The average molecular weight is 540 g/mol. The van der Waals surface area contributed by atoms with E-state index in [-0.39, 0.29) is 11.8 Å². The van der Waals surface area contributed by atoms with Gasteiger partial charge in [-0.15, -0.1) is 11.3 Å². The van der Waals surface area contributed by atoms with Crippen LogP contribution in [0.15, 0.2) is 53.9 Å². The summed E-state index contributed by atoms with van der Waals surface area (Å²) in [7, 11) is 0. The van der Waals surface area contributed by atoms with Crippen molar-refractivity contribution in [3.63, 3.8) is 0 Å². The summed E-state index contributed by atoms with van der Waals surface area (Å²) in [5.74, 6) is -0.267. The Kier molecular flexibility index (Phi) is 7.77. The zero-order chi connectivity index (χ0) is 27.5. The van der Waals surface area contributed by atoms with Crippen LogP contribution in [0.25, 0.3) is 33.5 Å². The maximum atomic E-state index is 13.0. The normalized spacial score (nSPS) is 13.7. The number of carbonyl (C=O) groups is 2. The lowest BCUT2D eigenvalue weighted by Crippen LogP contribution is -2.35. The van der Waals surface area contributed by atoms with Crippen molar-refractivity contribution in [2.24, 2.45) is 0 Å². The number of aromatic nitrogens is 2.